The average Bonchev–Trinajstić information content (AvgIpc) is 3.77. The summed E-state index contributed by atoms with van der Waals surface area (Å²) in [6.07, 6.45) is 15.0. The lowest BCUT2D eigenvalue weighted by Gasteiger charge is -2.41. The van der Waals surface area contributed by atoms with Crippen LogP contribution in [0.1, 0.15) is 61.4 Å². The molecule has 0 saturated heterocycles. The molecule has 4 aliphatic rings. The Morgan fingerprint density at radius 2 is 1.18 bits per heavy atom. The van der Waals surface area contributed by atoms with Crippen molar-refractivity contribution in [1.82, 2.24) is 0 Å². The van der Waals surface area contributed by atoms with E-state index in [2.05, 4.69) is 211 Å². The van der Waals surface area contributed by atoms with Gasteiger partial charge >= 0.3 is 0 Å². The van der Waals surface area contributed by atoms with Crippen molar-refractivity contribution >= 4 is 83.5 Å². The van der Waals surface area contributed by atoms with Gasteiger partial charge in [0.15, 0.2) is 0 Å². The highest BCUT2D eigenvalue weighted by Crippen LogP contribution is 2.54. The molecule has 1 atom stereocenters. The molecule has 8 aromatic rings. The van der Waals surface area contributed by atoms with Crippen molar-refractivity contribution in [3.8, 4) is 11.1 Å². The Balaban J connectivity index is 0.869. The van der Waals surface area contributed by atoms with Crippen molar-refractivity contribution < 1.29 is 0 Å². The summed E-state index contributed by atoms with van der Waals surface area (Å²) in [5.41, 5.74) is 19.2. The minimum Gasteiger partial charge on any atom is -0.341 e. The lowest BCUT2D eigenvalue weighted by molar-refractivity contribution is 0.659. The fourth-order valence-electron chi connectivity index (χ4n) is 10.5. The standard InChI is InChI=1S/C57H47N3S/c1-37-12-10-15-42(32-37)59-51-17-6-8-19-53(51)60(54-20-9-7-18-52(54)59)43-26-30-56-47(35-43)46-33-38(24-29-55(46)61-56)21-22-39-23-27-44-45-28-25-41(36-49(45)57(2,3)48(44)34-39)58-31-11-14-40-13-4-5-16-50(40)58/h4-10,13,15-30,32-37H,11-12,14,31H2,1-3H3. The Morgan fingerprint density at radius 1 is 0.590 bits per heavy atom. The van der Waals surface area contributed by atoms with Gasteiger partial charge in [0.25, 0.3) is 0 Å². The molecule has 0 bridgehead atoms. The number of hydrogen-bond donors (Lipinski definition) is 0. The third-order valence-electron chi connectivity index (χ3n) is 13.5. The number of hydrogen-bond acceptors (Lipinski definition) is 4. The Hall–Kier alpha value is -6.62. The average molecular weight is 806 g/mol. The van der Waals surface area contributed by atoms with Crippen LogP contribution in [-0.4, -0.2) is 6.54 Å². The zero-order valence-corrected chi connectivity index (χ0v) is 35.7. The summed E-state index contributed by atoms with van der Waals surface area (Å²) >= 11 is 1.88. The van der Waals surface area contributed by atoms with E-state index in [9.17, 15) is 0 Å². The molecule has 2 aliphatic heterocycles. The number of nitrogens with zero attached hydrogens (tertiary/aromatic N) is 3. The summed E-state index contributed by atoms with van der Waals surface area (Å²) in [6.45, 7) is 8.15. The summed E-state index contributed by atoms with van der Waals surface area (Å²) in [6, 6.07) is 54.8. The van der Waals surface area contributed by atoms with E-state index >= 15 is 0 Å². The van der Waals surface area contributed by atoms with E-state index in [1.807, 2.05) is 11.3 Å². The smallest absolute Gasteiger partial charge is 0.0703 e. The molecule has 0 amide bonds. The zero-order chi connectivity index (χ0) is 40.8. The Labute approximate surface area is 362 Å². The molecule has 3 heterocycles. The molecule has 61 heavy (non-hydrogen) atoms. The first-order valence-corrected chi connectivity index (χ1v) is 22.7. The van der Waals surface area contributed by atoms with Crippen molar-refractivity contribution in [2.24, 2.45) is 5.92 Å². The van der Waals surface area contributed by atoms with Crippen LogP contribution in [0.15, 0.2) is 170 Å². The number of benzene rings is 7. The minimum atomic E-state index is -0.0948. The number of aryl methyl sites for hydroxylation is 1. The number of fused-ring (bicyclic) bond motifs is 9. The van der Waals surface area contributed by atoms with E-state index in [1.165, 1.54) is 111 Å². The van der Waals surface area contributed by atoms with Gasteiger partial charge in [-0.2, -0.15) is 0 Å². The van der Waals surface area contributed by atoms with E-state index in [0.717, 1.165) is 19.4 Å². The third kappa shape index (κ3) is 5.84. The largest absolute Gasteiger partial charge is 0.341 e. The van der Waals surface area contributed by atoms with Crippen molar-refractivity contribution in [3.05, 3.63) is 197 Å². The second-order valence-corrected chi connectivity index (χ2v) is 18.9. The number of allylic oxidation sites excluding steroid dienone is 3. The second-order valence-electron chi connectivity index (χ2n) is 17.8. The van der Waals surface area contributed by atoms with Gasteiger partial charge in [0.2, 0.25) is 0 Å². The van der Waals surface area contributed by atoms with Gasteiger partial charge in [0.05, 0.1) is 22.7 Å². The van der Waals surface area contributed by atoms with Crippen LogP contribution in [0, 0.1) is 5.92 Å². The zero-order valence-electron chi connectivity index (χ0n) is 34.9. The van der Waals surface area contributed by atoms with Crippen LogP contribution in [0.2, 0.25) is 0 Å². The molecule has 0 N–H and O–H groups in total. The maximum absolute atomic E-state index is 2.52. The lowest BCUT2D eigenvalue weighted by atomic mass is 9.81. The summed E-state index contributed by atoms with van der Waals surface area (Å²) < 4.78 is 2.61. The van der Waals surface area contributed by atoms with Crippen molar-refractivity contribution in [2.45, 2.75) is 45.4 Å². The molecule has 2 aliphatic carbocycles. The Bertz CT molecular complexity index is 3130. The first-order valence-electron chi connectivity index (χ1n) is 21.8. The summed E-state index contributed by atoms with van der Waals surface area (Å²) in [5, 5.41) is 2.59. The molecule has 0 saturated carbocycles. The Morgan fingerprint density at radius 3 is 1.92 bits per heavy atom. The van der Waals surface area contributed by atoms with Gasteiger partial charge in [-0.25, -0.2) is 0 Å². The topological polar surface area (TPSA) is 9.72 Å². The molecule has 0 radical (unpaired) electrons. The fourth-order valence-corrected chi connectivity index (χ4v) is 11.6. The predicted molar refractivity (Wildman–Crippen MR) is 262 cm³/mol. The van der Waals surface area contributed by atoms with Crippen LogP contribution in [-0.2, 0) is 11.8 Å². The van der Waals surface area contributed by atoms with Crippen molar-refractivity contribution in [1.29, 1.82) is 0 Å². The van der Waals surface area contributed by atoms with Gasteiger partial charge < -0.3 is 14.7 Å². The molecular formula is C57H47N3S. The molecule has 0 spiro atoms. The van der Waals surface area contributed by atoms with Crippen LogP contribution in [0.25, 0.3) is 43.5 Å². The van der Waals surface area contributed by atoms with E-state index in [4.69, 9.17) is 0 Å². The summed E-state index contributed by atoms with van der Waals surface area (Å²) in [4.78, 5) is 7.41. The molecule has 12 rings (SSSR count). The first kappa shape index (κ1) is 36.2. The maximum Gasteiger partial charge on any atom is 0.0703 e. The highest BCUT2D eigenvalue weighted by atomic mass is 32.1. The van der Waals surface area contributed by atoms with Gasteiger partial charge in [-0.15, -0.1) is 11.3 Å². The quantitative estimate of drug-likeness (QED) is 0.160. The molecule has 1 unspecified atom stereocenters. The molecule has 0 fully saturated rings. The van der Waals surface area contributed by atoms with Gasteiger partial charge in [-0.3, -0.25) is 0 Å². The maximum atomic E-state index is 2.52. The van der Waals surface area contributed by atoms with Gasteiger partial charge in [-0.05, 0) is 143 Å². The first-order chi connectivity index (χ1) is 29.9. The van der Waals surface area contributed by atoms with Crippen LogP contribution in [0.5, 0.6) is 0 Å². The molecule has 296 valence electrons. The summed E-state index contributed by atoms with van der Waals surface area (Å²) in [7, 11) is 0. The SMILES string of the molecule is CC1C=C(N2c3ccccc3N(c3ccc4sc5ccc(C=Cc6ccc7c(c6)C(C)(C)c6cc(N8CCCc9ccccc98)ccc6-7)cc5c4c3)c3ccccc32)C=CC1. The number of thiophene rings is 1. The fraction of sp³-hybridized carbons (Fsp3) is 0.158. The number of para-hydroxylation sites is 5. The van der Waals surface area contributed by atoms with Gasteiger partial charge in [0, 0.05) is 54.9 Å². The van der Waals surface area contributed by atoms with Crippen molar-refractivity contribution in [2.75, 3.05) is 21.2 Å². The van der Waals surface area contributed by atoms with Crippen LogP contribution in [0.3, 0.4) is 0 Å². The highest BCUT2D eigenvalue weighted by Gasteiger charge is 2.36. The normalized spacial score (nSPS) is 17.3. The summed E-state index contributed by atoms with van der Waals surface area (Å²) in [5.74, 6) is 0.503. The van der Waals surface area contributed by atoms with Crippen molar-refractivity contribution in [3.63, 3.8) is 0 Å². The van der Waals surface area contributed by atoms with E-state index in [1.54, 1.807) is 0 Å². The van der Waals surface area contributed by atoms with E-state index in [-0.39, 0.29) is 5.41 Å². The molecule has 4 heteroatoms. The second kappa shape index (κ2) is 14.0. The van der Waals surface area contributed by atoms with Gasteiger partial charge in [0.1, 0.15) is 0 Å². The highest BCUT2D eigenvalue weighted by molar-refractivity contribution is 7.25. The third-order valence-corrected chi connectivity index (χ3v) is 14.7. The van der Waals surface area contributed by atoms with Crippen LogP contribution < -0.4 is 14.7 Å². The lowest BCUT2D eigenvalue weighted by Crippen LogP contribution is -2.27. The molecular weight excluding hydrogens is 759 g/mol. The monoisotopic (exact) mass is 805 g/mol. The Kier molecular flexibility index (Phi) is 8.30. The number of rotatable bonds is 5. The number of anilines is 7. The van der Waals surface area contributed by atoms with Gasteiger partial charge in [-0.1, -0.05) is 118 Å². The molecule has 7 aromatic carbocycles. The van der Waals surface area contributed by atoms with E-state index in [0.29, 0.717) is 5.92 Å². The molecule has 1 aromatic heterocycles. The van der Waals surface area contributed by atoms with Crippen LogP contribution in [0.4, 0.5) is 39.8 Å². The minimum absolute atomic E-state index is 0.0948. The predicted octanol–water partition coefficient (Wildman–Crippen LogP) is 16.0. The molecule has 3 nitrogen and oxygen atoms in total. The van der Waals surface area contributed by atoms with E-state index < -0.39 is 0 Å². The van der Waals surface area contributed by atoms with Crippen LogP contribution >= 0.6 is 11.3 Å².